The van der Waals surface area contributed by atoms with Gasteiger partial charge in [0.25, 0.3) is 0 Å². The summed E-state index contributed by atoms with van der Waals surface area (Å²) in [6.07, 6.45) is 3.16. The molecule has 1 aromatic rings. The molecular formula is C15H22N2O4S. The van der Waals surface area contributed by atoms with Crippen molar-refractivity contribution in [2.75, 3.05) is 26.5 Å². The average Bonchev–Trinajstić information content (AvgIpc) is 2.95. The Bertz CT molecular complexity index is 613. The van der Waals surface area contributed by atoms with Crippen molar-refractivity contribution in [1.82, 2.24) is 9.62 Å². The van der Waals surface area contributed by atoms with Crippen molar-refractivity contribution in [2.45, 2.75) is 25.3 Å². The molecule has 0 aliphatic carbocycles. The van der Waals surface area contributed by atoms with Crippen molar-refractivity contribution in [3.05, 3.63) is 29.8 Å². The van der Waals surface area contributed by atoms with Crippen molar-refractivity contribution in [1.29, 1.82) is 0 Å². The number of rotatable bonds is 6. The van der Waals surface area contributed by atoms with E-state index in [9.17, 15) is 13.2 Å². The zero-order valence-corrected chi connectivity index (χ0v) is 13.7. The summed E-state index contributed by atoms with van der Waals surface area (Å²) in [5.74, 6) is 0.770. The second kappa shape index (κ2) is 7.11. The van der Waals surface area contributed by atoms with Crippen molar-refractivity contribution in [3.63, 3.8) is 0 Å². The highest BCUT2D eigenvalue weighted by Gasteiger charge is 2.29. The van der Waals surface area contributed by atoms with E-state index in [1.807, 2.05) is 29.2 Å². The minimum atomic E-state index is -3.25. The Hall–Kier alpha value is -1.60. The predicted octanol–water partition coefficient (Wildman–Crippen LogP) is 1.30. The molecule has 122 valence electrons. The van der Waals surface area contributed by atoms with Crippen LogP contribution in [0.2, 0.25) is 0 Å². The Morgan fingerprint density at radius 3 is 2.64 bits per heavy atom. The summed E-state index contributed by atoms with van der Waals surface area (Å²) in [5, 5.41) is 0. The SMILES string of the molecule is COc1ccc([C@@H]2CCCN2C(=O)CCNS(C)(=O)=O)cc1. The maximum atomic E-state index is 12.3. The summed E-state index contributed by atoms with van der Waals surface area (Å²) in [4.78, 5) is 14.1. The van der Waals surface area contributed by atoms with E-state index in [0.29, 0.717) is 6.54 Å². The van der Waals surface area contributed by atoms with Gasteiger partial charge in [-0.3, -0.25) is 4.79 Å². The Kier molecular flexibility index (Phi) is 5.42. The van der Waals surface area contributed by atoms with Gasteiger partial charge in [-0.1, -0.05) is 12.1 Å². The third-order valence-corrected chi connectivity index (χ3v) is 4.51. The quantitative estimate of drug-likeness (QED) is 0.855. The topological polar surface area (TPSA) is 75.7 Å². The number of amides is 1. The summed E-state index contributed by atoms with van der Waals surface area (Å²) < 4.78 is 29.6. The first kappa shape index (κ1) is 16.8. The lowest BCUT2D eigenvalue weighted by Crippen LogP contribution is -2.34. The number of hydrogen-bond donors (Lipinski definition) is 1. The number of ether oxygens (including phenoxy) is 1. The van der Waals surface area contributed by atoms with Gasteiger partial charge in [0, 0.05) is 19.5 Å². The van der Waals surface area contributed by atoms with Gasteiger partial charge in [-0.25, -0.2) is 13.1 Å². The minimum Gasteiger partial charge on any atom is -0.497 e. The molecule has 1 aromatic carbocycles. The van der Waals surface area contributed by atoms with Crippen LogP contribution in [0, 0.1) is 0 Å². The van der Waals surface area contributed by atoms with E-state index >= 15 is 0 Å². The summed E-state index contributed by atoms with van der Waals surface area (Å²) in [6, 6.07) is 7.80. The molecule has 1 N–H and O–H groups in total. The molecule has 2 rings (SSSR count). The lowest BCUT2D eigenvalue weighted by Gasteiger charge is -2.25. The van der Waals surface area contributed by atoms with Gasteiger partial charge in [0.1, 0.15) is 5.75 Å². The van der Waals surface area contributed by atoms with E-state index in [1.54, 1.807) is 7.11 Å². The van der Waals surface area contributed by atoms with Crippen LogP contribution in [0.25, 0.3) is 0 Å². The highest BCUT2D eigenvalue weighted by Crippen LogP contribution is 2.33. The van der Waals surface area contributed by atoms with Crippen molar-refractivity contribution < 1.29 is 17.9 Å². The summed E-state index contributed by atoms with van der Waals surface area (Å²) >= 11 is 0. The third-order valence-electron chi connectivity index (χ3n) is 3.78. The Morgan fingerprint density at radius 2 is 2.05 bits per heavy atom. The fraction of sp³-hybridized carbons (Fsp3) is 0.533. The number of likely N-dealkylation sites (tertiary alicyclic amines) is 1. The van der Waals surface area contributed by atoms with Crippen LogP contribution in [0.5, 0.6) is 5.75 Å². The second-order valence-corrected chi connectivity index (χ2v) is 7.27. The van der Waals surface area contributed by atoms with E-state index < -0.39 is 10.0 Å². The van der Waals surface area contributed by atoms with Crippen LogP contribution < -0.4 is 9.46 Å². The number of methoxy groups -OCH3 is 1. The molecule has 1 aliphatic heterocycles. The van der Waals surface area contributed by atoms with Crippen LogP contribution in [-0.2, 0) is 14.8 Å². The number of nitrogens with one attached hydrogen (secondary N) is 1. The largest absolute Gasteiger partial charge is 0.497 e. The zero-order chi connectivity index (χ0) is 16.2. The molecule has 0 radical (unpaired) electrons. The molecule has 0 saturated carbocycles. The lowest BCUT2D eigenvalue weighted by molar-refractivity contribution is -0.131. The fourth-order valence-corrected chi connectivity index (χ4v) is 3.20. The van der Waals surface area contributed by atoms with E-state index in [1.165, 1.54) is 0 Å². The molecule has 22 heavy (non-hydrogen) atoms. The first-order valence-corrected chi connectivity index (χ1v) is 9.18. The Morgan fingerprint density at radius 1 is 1.36 bits per heavy atom. The standard InChI is InChI=1S/C15H22N2O4S/c1-21-13-7-5-12(6-8-13)14-4-3-11-17(14)15(18)9-10-16-22(2,19)20/h5-8,14,16H,3-4,9-11H2,1-2H3/t14-/m0/s1. The highest BCUT2D eigenvalue weighted by atomic mass is 32.2. The highest BCUT2D eigenvalue weighted by molar-refractivity contribution is 7.88. The maximum Gasteiger partial charge on any atom is 0.224 e. The smallest absolute Gasteiger partial charge is 0.224 e. The molecule has 0 aromatic heterocycles. The predicted molar refractivity (Wildman–Crippen MR) is 84.1 cm³/mol. The number of benzene rings is 1. The molecule has 1 heterocycles. The summed E-state index contributed by atoms with van der Waals surface area (Å²) in [6.45, 7) is 0.859. The van der Waals surface area contributed by atoms with E-state index in [4.69, 9.17) is 4.74 Å². The van der Waals surface area contributed by atoms with Crippen LogP contribution in [0.15, 0.2) is 24.3 Å². The molecule has 1 saturated heterocycles. The molecule has 1 atom stereocenters. The van der Waals surface area contributed by atoms with Gasteiger partial charge < -0.3 is 9.64 Å². The van der Waals surface area contributed by atoms with E-state index in [2.05, 4.69) is 4.72 Å². The second-order valence-electron chi connectivity index (χ2n) is 5.43. The fourth-order valence-electron chi connectivity index (χ4n) is 2.72. The van der Waals surface area contributed by atoms with E-state index in [-0.39, 0.29) is 24.9 Å². The number of carbonyl (C=O) groups is 1. The van der Waals surface area contributed by atoms with Gasteiger partial charge in [-0.2, -0.15) is 0 Å². The number of carbonyl (C=O) groups excluding carboxylic acids is 1. The normalized spacial score (nSPS) is 18.5. The van der Waals surface area contributed by atoms with Crippen LogP contribution in [0.1, 0.15) is 30.9 Å². The molecule has 0 spiro atoms. The van der Waals surface area contributed by atoms with Gasteiger partial charge in [-0.05, 0) is 30.5 Å². The van der Waals surface area contributed by atoms with Crippen LogP contribution >= 0.6 is 0 Å². The van der Waals surface area contributed by atoms with Crippen molar-refractivity contribution in [2.24, 2.45) is 0 Å². The molecule has 7 heteroatoms. The average molecular weight is 326 g/mol. The monoisotopic (exact) mass is 326 g/mol. The first-order chi connectivity index (χ1) is 10.4. The van der Waals surface area contributed by atoms with Crippen LogP contribution in [-0.4, -0.2) is 45.7 Å². The van der Waals surface area contributed by atoms with Crippen LogP contribution in [0.4, 0.5) is 0 Å². The zero-order valence-electron chi connectivity index (χ0n) is 12.9. The number of nitrogens with zero attached hydrogens (tertiary/aromatic N) is 1. The van der Waals surface area contributed by atoms with Crippen molar-refractivity contribution in [3.8, 4) is 5.75 Å². The Labute approximate surface area is 131 Å². The maximum absolute atomic E-state index is 12.3. The van der Waals surface area contributed by atoms with Crippen LogP contribution in [0.3, 0.4) is 0 Å². The molecule has 1 aliphatic rings. The number of sulfonamides is 1. The van der Waals surface area contributed by atoms with E-state index in [0.717, 1.165) is 30.4 Å². The van der Waals surface area contributed by atoms with Gasteiger partial charge in [0.05, 0.1) is 19.4 Å². The first-order valence-electron chi connectivity index (χ1n) is 7.29. The number of hydrogen-bond acceptors (Lipinski definition) is 4. The minimum absolute atomic E-state index is 0.0190. The molecule has 0 unspecified atom stereocenters. The van der Waals surface area contributed by atoms with Gasteiger partial charge in [0.2, 0.25) is 15.9 Å². The summed E-state index contributed by atoms with van der Waals surface area (Å²) in [7, 11) is -1.63. The summed E-state index contributed by atoms with van der Waals surface area (Å²) in [5.41, 5.74) is 1.09. The van der Waals surface area contributed by atoms with Gasteiger partial charge in [-0.15, -0.1) is 0 Å². The molecular weight excluding hydrogens is 304 g/mol. The Balaban J connectivity index is 1.98. The molecule has 1 amide bonds. The van der Waals surface area contributed by atoms with Crippen molar-refractivity contribution >= 4 is 15.9 Å². The van der Waals surface area contributed by atoms with Gasteiger partial charge in [0.15, 0.2) is 0 Å². The molecule has 1 fully saturated rings. The molecule has 0 bridgehead atoms. The third kappa shape index (κ3) is 4.45. The van der Waals surface area contributed by atoms with Gasteiger partial charge >= 0.3 is 0 Å². The molecule has 6 nitrogen and oxygen atoms in total. The lowest BCUT2D eigenvalue weighted by atomic mass is 10.0.